The summed E-state index contributed by atoms with van der Waals surface area (Å²) in [5.74, 6) is -2.55. The van der Waals surface area contributed by atoms with Crippen LogP contribution in [0.2, 0.25) is 0 Å². The van der Waals surface area contributed by atoms with E-state index >= 15 is 0 Å². The van der Waals surface area contributed by atoms with Crippen LogP contribution in [0.4, 0.5) is 18.4 Å². The maximum Gasteiger partial charge on any atom is 0.408 e. The minimum atomic E-state index is -1.67. The first-order valence-electron chi connectivity index (χ1n) is 16.5. The van der Waals surface area contributed by atoms with E-state index in [0.29, 0.717) is 5.56 Å². The Balaban J connectivity index is 1.68. The summed E-state index contributed by atoms with van der Waals surface area (Å²) < 4.78 is 44.6. The van der Waals surface area contributed by atoms with E-state index in [0.717, 1.165) is 23.8 Å². The summed E-state index contributed by atoms with van der Waals surface area (Å²) in [6.45, 7) is 9.87. The van der Waals surface area contributed by atoms with E-state index < -0.39 is 64.9 Å². The third-order valence-corrected chi connectivity index (χ3v) is 7.09. The van der Waals surface area contributed by atoms with Gasteiger partial charge in [0, 0.05) is 18.5 Å². The third kappa shape index (κ3) is 14.9. The number of hydrogen-bond donors (Lipinski definition) is 4. The topological polar surface area (TPSA) is 152 Å². The van der Waals surface area contributed by atoms with Crippen molar-refractivity contribution < 1.29 is 47.3 Å². The Morgan fingerprint density at radius 3 is 2.06 bits per heavy atom. The van der Waals surface area contributed by atoms with Crippen LogP contribution in [0.25, 0.3) is 0 Å². The smallest absolute Gasteiger partial charge is 0.408 e. The Bertz CT molecular complexity index is 1640. The molecule has 0 fully saturated rings. The molecule has 0 bridgehead atoms. The van der Waals surface area contributed by atoms with E-state index in [1.807, 2.05) is 30.3 Å². The van der Waals surface area contributed by atoms with E-state index in [9.17, 15) is 33.1 Å². The number of aliphatic hydroxyl groups is 1. The molecule has 51 heavy (non-hydrogen) atoms. The zero-order valence-electron chi connectivity index (χ0n) is 29.8. The van der Waals surface area contributed by atoms with Crippen LogP contribution >= 0.6 is 0 Å². The summed E-state index contributed by atoms with van der Waals surface area (Å²) in [7, 11) is 0. The van der Waals surface area contributed by atoms with E-state index in [2.05, 4.69) is 16.0 Å². The molecule has 3 rings (SSSR count). The Hall–Kier alpha value is -4.88. The number of carbonyl (C=O) groups is 4. The van der Waals surface area contributed by atoms with Crippen LogP contribution in [0.3, 0.4) is 0 Å². The molecule has 4 N–H and O–H groups in total. The van der Waals surface area contributed by atoms with Crippen LogP contribution in [-0.2, 0) is 38.5 Å². The SMILES string of the molecule is CC(C)(C)OC(=O)NC(CNC(=O)c1cccc(CC(=O)[C@@H](O)[C@@H](COCc2ccccc2)NC(=O)OC(C)(C)C)c1)Cc1cc(F)ccc1F. The highest BCUT2D eigenvalue weighted by atomic mass is 19.1. The molecule has 0 radical (unpaired) electrons. The molecule has 0 heterocycles. The predicted octanol–water partition coefficient (Wildman–Crippen LogP) is 5.41. The van der Waals surface area contributed by atoms with E-state index in [4.69, 9.17) is 14.2 Å². The van der Waals surface area contributed by atoms with Gasteiger partial charge in [0.05, 0.1) is 25.3 Å². The number of aliphatic hydroxyl groups excluding tert-OH is 1. The Morgan fingerprint density at radius 1 is 0.784 bits per heavy atom. The molecule has 0 saturated heterocycles. The zero-order valence-corrected chi connectivity index (χ0v) is 29.8. The molecule has 11 nitrogen and oxygen atoms in total. The summed E-state index contributed by atoms with van der Waals surface area (Å²) in [4.78, 5) is 51.5. The molecule has 3 atom stereocenters. The molecule has 13 heteroatoms. The number of alkyl carbamates (subject to hydrolysis) is 2. The van der Waals surface area contributed by atoms with Crippen LogP contribution in [0.5, 0.6) is 0 Å². The fourth-order valence-electron chi connectivity index (χ4n) is 4.83. The number of benzene rings is 3. The first kappa shape index (κ1) is 40.5. The number of rotatable bonds is 15. The van der Waals surface area contributed by atoms with Crippen LogP contribution in [0.15, 0.2) is 72.8 Å². The molecule has 3 aromatic carbocycles. The van der Waals surface area contributed by atoms with Gasteiger partial charge >= 0.3 is 12.2 Å². The Kier molecular flexibility index (Phi) is 14.6. The van der Waals surface area contributed by atoms with Gasteiger partial charge in [0.25, 0.3) is 5.91 Å². The highest BCUT2D eigenvalue weighted by molar-refractivity contribution is 5.95. The van der Waals surface area contributed by atoms with Gasteiger partial charge in [-0.1, -0.05) is 42.5 Å². The molecule has 1 unspecified atom stereocenters. The number of hydrogen-bond acceptors (Lipinski definition) is 8. The van der Waals surface area contributed by atoms with E-state index in [1.165, 1.54) is 12.1 Å². The van der Waals surface area contributed by atoms with Crippen molar-refractivity contribution in [1.82, 2.24) is 16.0 Å². The average molecular weight is 712 g/mol. The van der Waals surface area contributed by atoms with Crippen LogP contribution < -0.4 is 16.0 Å². The summed E-state index contributed by atoms with van der Waals surface area (Å²) in [5.41, 5.74) is -0.229. The quantitative estimate of drug-likeness (QED) is 0.163. The monoisotopic (exact) mass is 711 g/mol. The number of halogens is 2. The van der Waals surface area contributed by atoms with Crippen molar-refractivity contribution in [3.63, 3.8) is 0 Å². The highest BCUT2D eigenvalue weighted by Gasteiger charge is 2.30. The van der Waals surface area contributed by atoms with Crippen molar-refractivity contribution in [2.75, 3.05) is 13.2 Å². The second-order valence-electron chi connectivity index (χ2n) is 14.0. The van der Waals surface area contributed by atoms with E-state index in [1.54, 1.807) is 53.7 Å². The highest BCUT2D eigenvalue weighted by Crippen LogP contribution is 2.15. The van der Waals surface area contributed by atoms with Gasteiger partial charge in [0.1, 0.15) is 28.9 Å². The molecule has 276 valence electrons. The van der Waals surface area contributed by atoms with Crippen LogP contribution in [0, 0.1) is 11.6 Å². The van der Waals surface area contributed by atoms with Crippen molar-refractivity contribution in [3.8, 4) is 0 Å². The molecule has 0 saturated carbocycles. The molecule has 0 aromatic heterocycles. The Morgan fingerprint density at radius 2 is 1.41 bits per heavy atom. The van der Waals surface area contributed by atoms with Gasteiger partial charge in [-0.3, -0.25) is 9.59 Å². The fourth-order valence-corrected chi connectivity index (χ4v) is 4.83. The fraction of sp³-hybridized carbons (Fsp3) is 0.421. The minimum absolute atomic E-state index is 0.00527. The van der Waals surface area contributed by atoms with E-state index in [-0.39, 0.29) is 43.7 Å². The van der Waals surface area contributed by atoms with Crippen molar-refractivity contribution >= 4 is 23.9 Å². The van der Waals surface area contributed by atoms with Gasteiger partial charge in [-0.05, 0) is 95.0 Å². The molecule has 3 aromatic rings. The molecule has 0 spiro atoms. The van der Waals surface area contributed by atoms with Gasteiger partial charge < -0.3 is 35.3 Å². The average Bonchev–Trinajstić information content (AvgIpc) is 3.03. The molecule has 3 amide bonds. The van der Waals surface area contributed by atoms with Gasteiger partial charge in [-0.25, -0.2) is 18.4 Å². The maximum atomic E-state index is 14.4. The van der Waals surface area contributed by atoms with Gasteiger partial charge in [0.15, 0.2) is 5.78 Å². The van der Waals surface area contributed by atoms with Gasteiger partial charge in [-0.15, -0.1) is 0 Å². The second kappa shape index (κ2) is 18.4. The van der Waals surface area contributed by atoms with Crippen molar-refractivity contribution in [1.29, 1.82) is 0 Å². The number of carbonyl (C=O) groups excluding carboxylic acids is 4. The van der Waals surface area contributed by atoms with Crippen molar-refractivity contribution in [3.05, 3.63) is 107 Å². The number of ether oxygens (including phenoxy) is 3. The van der Waals surface area contributed by atoms with Crippen LogP contribution in [-0.4, -0.2) is 71.5 Å². The predicted molar refractivity (Wildman–Crippen MR) is 186 cm³/mol. The number of nitrogens with one attached hydrogen (secondary N) is 3. The Labute approximate surface area is 297 Å². The lowest BCUT2D eigenvalue weighted by Gasteiger charge is -2.26. The molecule has 0 aliphatic rings. The van der Waals surface area contributed by atoms with Crippen molar-refractivity contribution in [2.24, 2.45) is 0 Å². The number of Topliss-reactive ketones (excluding diaryl/α,β-unsaturated/α-hetero) is 1. The lowest BCUT2D eigenvalue weighted by molar-refractivity contribution is -0.128. The lowest BCUT2D eigenvalue weighted by atomic mass is 9.99. The summed E-state index contributed by atoms with van der Waals surface area (Å²) >= 11 is 0. The second-order valence-corrected chi connectivity index (χ2v) is 14.0. The molecule has 0 aliphatic heterocycles. The number of amides is 3. The van der Waals surface area contributed by atoms with Crippen LogP contribution in [0.1, 0.15) is 68.6 Å². The minimum Gasteiger partial charge on any atom is -0.444 e. The normalized spacial score (nSPS) is 13.4. The lowest BCUT2D eigenvalue weighted by Crippen LogP contribution is -2.51. The number of ketones is 1. The first-order chi connectivity index (χ1) is 23.9. The van der Waals surface area contributed by atoms with Gasteiger partial charge in [-0.2, -0.15) is 0 Å². The maximum absolute atomic E-state index is 14.4. The van der Waals surface area contributed by atoms with Gasteiger partial charge in [0.2, 0.25) is 0 Å². The summed E-state index contributed by atoms with van der Waals surface area (Å²) in [5, 5.41) is 18.8. The molecular formula is C38H47F2N3O8. The summed E-state index contributed by atoms with van der Waals surface area (Å²) in [6, 6.07) is 16.3. The first-order valence-corrected chi connectivity index (χ1v) is 16.5. The standard InChI is InChI=1S/C38H47F2N3O8/c1-37(2,3)50-35(47)42-29(20-27-19-28(39)15-16-30(27)40)21-41-34(46)26-14-10-13-25(17-26)18-32(44)33(45)31(43-36(48)51-38(4,5)6)23-49-22-24-11-8-7-9-12-24/h7-17,19,29,31,33,45H,18,20-23H2,1-6H3,(H,41,46)(H,42,47)(H,43,48)/t29?,31-,33+/m1/s1. The zero-order chi connectivity index (χ0) is 37.8. The summed E-state index contributed by atoms with van der Waals surface area (Å²) in [6.07, 6.45) is -3.74. The largest absolute Gasteiger partial charge is 0.444 e. The molecular weight excluding hydrogens is 664 g/mol. The third-order valence-electron chi connectivity index (χ3n) is 7.09. The van der Waals surface area contributed by atoms with Crippen molar-refractivity contribution in [2.45, 2.75) is 90.4 Å². The molecule has 0 aliphatic carbocycles.